The molecule has 1 heterocycles. The van der Waals surface area contributed by atoms with Crippen LogP contribution < -0.4 is 5.32 Å². The molecule has 1 saturated heterocycles. The van der Waals surface area contributed by atoms with E-state index in [1.54, 1.807) is 12.2 Å². The van der Waals surface area contributed by atoms with Gasteiger partial charge in [-0.05, 0) is 37.8 Å². The smallest absolute Gasteiger partial charge is 0.225 e. The second-order valence-electron chi connectivity index (χ2n) is 6.04. The van der Waals surface area contributed by atoms with E-state index in [2.05, 4.69) is 5.32 Å². The Labute approximate surface area is 131 Å². The summed E-state index contributed by atoms with van der Waals surface area (Å²) in [7, 11) is 1.62. The predicted octanol–water partition coefficient (Wildman–Crippen LogP) is 1.56. The van der Waals surface area contributed by atoms with E-state index >= 15 is 0 Å². The lowest BCUT2D eigenvalue weighted by atomic mass is 9.89. The first-order valence-corrected chi connectivity index (χ1v) is 7.60. The lowest BCUT2D eigenvalue weighted by molar-refractivity contribution is -0.157. The monoisotopic (exact) mass is 304 g/mol. The lowest BCUT2D eigenvalue weighted by Gasteiger charge is -2.37. The Morgan fingerprint density at radius 2 is 2.05 bits per heavy atom. The number of aldehydes is 1. The van der Waals surface area contributed by atoms with E-state index in [0.29, 0.717) is 32.4 Å². The minimum Gasteiger partial charge on any atom is -0.343 e. The van der Waals surface area contributed by atoms with Gasteiger partial charge in [-0.15, -0.1) is 0 Å². The molecular weight excluding hydrogens is 280 g/mol. The fourth-order valence-corrected chi connectivity index (χ4v) is 2.83. The molecule has 0 spiro atoms. The summed E-state index contributed by atoms with van der Waals surface area (Å²) >= 11 is 0. The minimum absolute atomic E-state index is 0.105. The first-order chi connectivity index (χ1) is 10.5. The van der Waals surface area contributed by atoms with Gasteiger partial charge in [-0.3, -0.25) is 4.79 Å². The maximum Gasteiger partial charge on any atom is 0.225 e. The van der Waals surface area contributed by atoms with E-state index in [-0.39, 0.29) is 5.91 Å². The highest BCUT2D eigenvalue weighted by molar-refractivity contribution is 5.84. The second-order valence-corrected chi connectivity index (χ2v) is 6.04. The Morgan fingerprint density at radius 1 is 1.36 bits per heavy atom. The van der Waals surface area contributed by atoms with Crippen LogP contribution >= 0.6 is 0 Å². The van der Waals surface area contributed by atoms with E-state index in [1.165, 1.54) is 0 Å². The van der Waals surface area contributed by atoms with Crippen molar-refractivity contribution in [3.8, 4) is 0 Å². The van der Waals surface area contributed by atoms with Crippen LogP contribution in [0.4, 0.5) is 0 Å². The number of rotatable bonds is 5. The van der Waals surface area contributed by atoms with Crippen molar-refractivity contribution in [2.24, 2.45) is 0 Å². The normalized spacial score (nSPS) is 18.0. The molecule has 22 heavy (non-hydrogen) atoms. The molecule has 0 unspecified atom stereocenters. The highest BCUT2D eigenvalue weighted by Crippen LogP contribution is 2.21. The minimum atomic E-state index is -0.760. The number of nitrogens with one attached hydrogen (secondary N) is 1. The first-order valence-electron chi connectivity index (χ1n) is 7.60. The largest absolute Gasteiger partial charge is 0.343 e. The third-order valence-corrected chi connectivity index (χ3v) is 4.34. The van der Waals surface area contributed by atoms with Crippen molar-refractivity contribution in [2.45, 2.75) is 38.6 Å². The van der Waals surface area contributed by atoms with E-state index < -0.39 is 5.54 Å². The van der Waals surface area contributed by atoms with Crippen molar-refractivity contribution >= 4 is 12.2 Å². The molecule has 0 radical (unpaired) electrons. The Hall–Kier alpha value is -1.72. The number of amides is 1. The summed E-state index contributed by atoms with van der Waals surface area (Å²) < 4.78 is 0. The zero-order chi connectivity index (χ0) is 16.2. The molecule has 1 aromatic carbocycles. The summed E-state index contributed by atoms with van der Waals surface area (Å²) in [5, 5.41) is 4.74. The molecule has 5 nitrogen and oxygen atoms in total. The first kappa shape index (κ1) is 16.6. The number of hydrogen-bond donors (Lipinski definition) is 1. The highest BCUT2D eigenvalue weighted by atomic mass is 16.7. The molecule has 2 rings (SSSR count). The van der Waals surface area contributed by atoms with Gasteiger partial charge < -0.3 is 14.9 Å². The Bertz CT molecular complexity index is 549. The number of hydrogen-bond acceptors (Lipinski definition) is 4. The molecule has 0 aliphatic carbocycles. The van der Waals surface area contributed by atoms with Crippen molar-refractivity contribution in [3.63, 3.8) is 0 Å². The quantitative estimate of drug-likeness (QED) is 0.839. The fraction of sp³-hybridized carbons (Fsp3) is 0.529. The Kier molecular flexibility index (Phi) is 5.32. The fourth-order valence-electron chi connectivity index (χ4n) is 2.83. The topological polar surface area (TPSA) is 58.6 Å². The van der Waals surface area contributed by atoms with Crippen LogP contribution in [0.1, 0.15) is 29.5 Å². The number of carbonyl (C=O) groups excluding carboxylic acids is 2. The van der Waals surface area contributed by atoms with E-state index in [9.17, 15) is 9.59 Å². The SMILES string of the molecule is CON1CCC(C=O)(NC(=O)Cc2cc(C)ccc2C)CC1. The number of aryl methyl sites for hydroxylation is 2. The summed E-state index contributed by atoms with van der Waals surface area (Å²) in [4.78, 5) is 29.0. The number of piperidine rings is 1. The van der Waals surface area contributed by atoms with Crippen LogP contribution in [0.3, 0.4) is 0 Å². The average molecular weight is 304 g/mol. The third-order valence-electron chi connectivity index (χ3n) is 4.34. The molecule has 0 bridgehead atoms. The summed E-state index contributed by atoms with van der Waals surface area (Å²) in [6, 6.07) is 6.07. The summed E-state index contributed by atoms with van der Waals surface area (Å²) in [5.74, 6) is -0.105. The average Bonchev–Trinajstić information content (AvgIpc) is 2.51. The number of carbonyl (C=O) groups is 2. The molecule has 1 aromatic rings. The van der Waals surface area contributed by atoms with Gasteiger partial charge in [0.2, 0.25) is 5.91 Å². The van der Waals surface area contributed by atoms with Crippen LogP contribution in [0.5, 0.6) is 0 Å². The molecule has 0 atom stereocenters. The maximum atomic E-state index is 12.3. The third kappa shape index (κ3) is 3.93. The van der Waals surface area contributed by atoms with E-state index in [0.717, 1.165) is 23.0 Å². The molecular formula is C17H24N2O3. The standard InChI is InChI=1S/C17H24N2O3/c1-13-4-5-14(2)15(10-13)11-16(21)18-17(12-20)6-8-19(22-3)9-7-17/h4-5,10,12H,6-9,11H2,1-3H3,(H,18,21). The van der Waals surface area contributed by atoms with Crippen molar-refractivity contribution in [3.05, 3.63) is 34.9 Å². The van der Waals surface area contributed by atoms with Gasteiger partial charge in [0.1, 0.15) is 6.29 Å². The molecule has 1 aliphatic rings. The summed E-state index contributed by atoms with van der Waals surface area (Å²) in [5.41, 5.74) is 2.47. The van der Waals surface area contributed by atoms with Gasteiger partial charge >= 0.3 is 0 Å². The Balaban J connectivity index is 2.01. The van der Waals surface area contributed by atoms with Crippen molar-refractivity contribution < 1.29 is 14.4 Å². The van der Waals surface area contributed by atoms with Crippen LogP contribution in [0, 0.1) is 13.8 Å². The lowest BCUT2D eigenvalue weighted by Crippen LogP contribution is -2.56. The molecule has 0 aromatic heterocycles. The molecule has 120 valence electrons. The summed E-state index contributed by atoms with van der Waals surface area (Å²) in [6.45, 7) is 5.28. The van der Waals surface area contributed by atoms with Gasteiger partial charge in [0, 0.05) is 13.1 Å². The molecule has 1 fully saturated rings. The zero-order valence-electron chi connectivity index (χ0n) is 13.5. The number of hydroxylamine groups is 2. The van der Waals surface area contributed by atoms with Crippen molar-refractivity contribution in [2.75, 3.05) is 20.2 Å². The highest BCUT2D eigenvalue weighted by Gasteiger charge is 2.35. The maximum absolute atomic E-state index is 12.3. The van der Waals surface area contributed by atoms with Gasteiger partial charge in [0.05, 0.1) is 19.1 Å². The molecule has 1 aliphatic heterocycles. The van der Waals surface area contributed by atoms with Crippen LogP contribution in [0.15, 0.2) is 18.2 Å². The number of benzene rings is 1. The Morgan fingerprint density at radius 3 is 2.64 bits per heavy atom. The molecule has 0 saturated carbocycles. The van der Waals surface area contributed by atoms with Gasteiger partial charge in [-0.1, -0.05) is 23.8 Å². The van der Waals surface area contributed by atoms with Crippen LogP contribution in [-0.4, -0.2) is 43.0 Å². The van der Waals surface area contributed by atoms with E-state index in [1.807, 2.05) is 32.0 Å². The van der Waals surface area contributed by atoms with E-state index in [4.69, 9.17) is 4.84 Å². The second kappa shape index (κ2) is 7.03. The summed E-state index contributed by atoms with van der Waals surface area (Å²) in [6.07, 6.45) is 2.32. The van der Waals surface area contributed by atoms with Crippen LogP contribution in [0.2, 0.25) is 0 Å². The van der Waals surface area contributed by atoms with Gasteiger partial charge in [0.25, 0.3) is 0 Å². The molecule has 1 amide bonds. The zero-order valence-corrected chi connectivity index (χ0v) is 13.5. The molecule has 5 heteroatoms. The van der Waals surface area contributed by atoms with Crippen LogP contribution in [0.25, 0.3) is 0 Å². The van der Waals surface area contributed by atoms with Crippen LogP contribution in [-0.2, 0) is 20.8 Å². The van der Waals surface area contributed by atoms with Gasteiger partial charge in [-0.25, -0.2) is 0 Å². The van der Waals surface area contributed by atoms with Crippen molar-refractivity contribution in [1.82, 2.24) is 10.4 Å². The van der Waals surface area contributed by atoms with Gasteiger partial charge in [0.15, 0.2) is 0 Å². The predicted molar refractivity (Wildman–Crippen MR) is 84.4 cm³/mol. The van der Waals surface area contributed by atoms with Gasteiger partial charge in [-0.2, -0.15) is 5.06 Å². The molecule has 1 N–H and O–H groups in total. The number of nitrogens with zero attached hydrogens (tertiary/aromatic N) is 1. The van der Waals surface area contributed by atoms with Crippen molar-refractivity contribution in [1.29, 1.82) is 0 Å².